The first-order valence-electron chi connectivity index (χ1n) is 12.3. The van der Waals surface area contributed by atoms with Gasteiger partial charge in [-0.2, -0.15) is 0 Å². The zero-order valence-electron chi connectivity index (χ0n) is 21.1. The minimum absolute atomic E-state index is 0.278. The lowest BCUT2D eigenvalue weighted by molar-refractivity contribution is 0.122. The molecule has 2 aliphatic heterocycles. The second-order valence-electron chi connectivity index (χ2n) is 9.70. The maximum atomic E-state index is 15.1. The minimum Gasteiger partial charge on any atom is -0.378 e. The number of nitrogens with zero attached hydrogens (tertiary/aromatic N) is 6. The Labute approximate surface area is 210 Å². The van der Waals surface area contributed by atoms with Gasteiger partial charge < -0.3 is 19.9 Å². The van der Waals surface area contributed by atoms with Crippen molar-refractivity contribution in [1.82, 2.24) is 19.8 Å². The molecule has 0 atom stereocenters. The molecule has 192 valence electrons. The molecule has 2 fully saturated rings. The van der Waals surface area contributed by atoms with Gasteiger partial charge in [0.15, 0.2) is 0 Å². The topological polar surface area (TPSA) is 60.0 Å². The van der Waals surface area contributed by atoms with E-state index in [4.69, 9.17) is 9.72 Å². The molecular weight excluding hydrogens is 464 g/mol. The summed E-state index contributed by atoms with van der Waals surface area (Å²) in [4.78, 5) is 18.1. The van der Waals surface area contributed by atoms with Gasteiger partial charge in [0.1, 0.15) is 17.5 Å². The molecule has 2 saturated heterocycles. The monoisotopic (exact) mass is 497 g/mol. The maximum absolute atomic E-state index is 15.1. The van der Waals surface area contributed by atoms with Crippen LogP contribution in [0.2, 0.25) is 0 Å². The number of fused-ring (bicyclic) bond motifs is 1. The van der Waals surface area contributed by atoms with Gasteiger partial charge in [-0.1, -0.05) is 0 Å². The van der Waals surface area contributed by atoms with E-state index in [1.54, 1.807) is 6.20 Å². The van der Waals surface area contributed by atoms with E-state index in [2.05, 4.69) is 44.0 Å². The summed E-state index contributed by atoms with van der Waals surface area (Å²) in [5, 5.41) is 3.68. The lowest BCUT2D eigenvalue weighted by Crippen LogP contribution is -2.49. The fourth-order valence-electron chi connectivity index (χ4n) is 4.99. The molecule has 0 aliphatic carbocycles. The van der Waals surface area contributed by atoms with Crippen LogP contribution < -0.4 is 15.1 Å². The van der Waals surface area contributed by atoms with Gasteiger partial charge in [-0.15, -0.1) is 0 Å². The Hall–Kier alpha value is -3.08. The summed E-state index contributed by atoms with van der Waals surface area (Å²) in [5.41, 5.74) is 3.42. The fraction of sp³-hybridized carbons (Fsp3) is 0.462. The number of morpholine rings is 1. The largest absolute Gasteiger partial charge is 0.378 e. The molecule has 1 aromatic carbocycles. The van der Waals surface area contributed by atoms with Crippen LogP contribution in [-0.2, 0) is 4.74 Å². The quantitative estimate of drug-likeness (QED) is 0.556. The Bertz CT molecular complexity index is 1220. The summed E-state index contributed by atoms with van der Waals surface area (Å²) in [5.74, 6) is -0.528. The molecule has 8 nitrogen and oxygen atoms in total. The summed E-state index contributed by atoms with van der Waals surface area (Å²) < 4.78 is 34.8. The lowest BCUT2D eigenvalue weighted by atomic mass is 10.1. The highest BCUT2D eigenvalue weighted by Crippen LogP contribution is 2.37. The van der Waals surface area contributed by atoms with E-state index < -0.39 is 11.6 Å². The minimum atomic E-state index is -0.639. The van der Waals surface area contributed by atoms with E-state index in [-0.39, 0.29) is 5.39 Å². The zero-order chi connectivity index (χ0) is 25.2. The van der Waals surface area contributed by atoms with Gasteiger partial charge in [-0.05, 0) is 27.1 Å². The maximum Gasteiger partial charge on any atom is 0.137 e. The molecule has 0 bridgehead atoms. The van der Waals surface area contributed by atoms with Crippen LogP contribution >= 0.6 is 0 Å². The summed E-state index contributed by atoms with van der Waals surface area (Å²) >= 11 is 0. The van der Waals surface area contributed by atoms with Gasteiger partial charge >= 0.3 is 0 Å². The van der Waals surface area contributed by atoms with E-state index >= 15 is 4.39 Å². The molecule has 2 aliphatic rings. The molecular formula is C26H33F2N7O. The van der Waals surface area contributed by atoms with Crippen molar-refractivity contribution in [3.05, 3.63) is 47.8 Å². The van der Waals surface area contributed by atoms with Crippen LogP contribution in [0.5, 0.6) is 0 Å². The number of pyridine rings is 2. The van der Waals surface area contributed by atoms with Crippen LogP contribution in [0.15, 0.2) is 30.6 Å². The fourth-order valence-corrected chi connectivity index (χ4v) is 4.99. The van der Waals surface area contributed by atoms with Gasteiger partial charge in [-0.3, -0.25) is 14.8 Å². The first-order valence-corrected chi connectivity index (χ1v) is 12.3. The molecule has 0 unspecified atom stereocenters. The third-order valence-corrected chi connectivity index (χ3v) is 6.75. The summed E-state index contributed by atoms with van der Waals surface area (Å²) in [6.45, 7) is 9.14. The van der Waals surface area contributed by atoms with E-state index in [0.717, 1.165) is 74.8 Å². The Balaban J connectivity index is 1.50. The van der Waals surface area contributed by atoms with Gasteiger partial charge in [0.05, 0.1) is 60.2 Å². The Morgan fingerprint density at radius 3 is 2.44 bits per heavy atom. The summed E-state index contributed by atoms with van der Waals surface area (Å²) in [6.07, 6.45) is 3.54. The van der Waals surface area contributed by atoms with E-state index in [9.17, 15) is 4.39 Å². The molecule has 5 rings (SSSR count). The SMILES string of the molecule is Cc1c(N2CCN(CN(C)C)CC2)nc2cc(F)cc(F)c2c1Nc1cncc(N2CCOCC2)c1. The van der Waals surface area contributed by atoms with Crippen molar-refractivity contribution in [3.63, 3.8) is 0 Å². The molecule has 0 radical (unpaired) electrons. The Morgan fingerprint density at radius 1 is 0.972 bits per heavy atom. The molecule has 0 amide bonds. The zero-order valence-corrected chi connectivity index (χ0v) is 21.1. The number of halogens is 2. The van der Waals surface area contributed by atoms with Crippen LogP contribution in [-0.4, -0.2) is 93.0 Å². The van der Waals surface area contributed by atoms with Crippen LogP contribution in [0.3, 0.4) is 0 Å². The average molecular weight is 498 g/mol. The van der Waals surface area contributed by atoms with Crippen molar-refractivity contribution < 1.29 is 13.5 Å². The number of anilines is 4. The molecule has 10 heteroatoms. The van der Waals surface area contributed by atoms with Crippen LogP contribution in [0.1, 0.15) is 5.56 Å². The van der Waals surface area contributed by atoms with Crippen molar-refractivity contribution in [1.29, 1.82) is 0 Å². The Kier molecular flexibility index (Phi) is 7.17. The number of nitrogens with one attached hydrogen (secondary N) is 1. The number of hydrogen-bond acceptors (Lipinski definition) is 8. The Morgan fingerprint density at radius 2 is 1.72 bits per heavy atom. The van der Waals surface area contributed by atoms with Gasteiger partial charge in [0, 0.05) is 57.0 Å². The predicted molar refractivity (Wildman–Crippen MR) is 139 cm³/mol. The second-order valence-corrected chi connectivity index (χ2v) is 9.70. The van der Waals surface area contributed by atoms with Gasteiger partial charge in [0.2, 0.25) is 0 Å². The molecule has 36 heavy (non-hydrogen) atoms. The molecule has 0 spiro atoms. The second kappa shape index (κ2) is 10.5. The van der Waals surface area contributed by atoms with E-state index in [0.29, 0.717) is 24.4 Å². The van der Waals surface area contributed by atoms with Crippen molar-refractivity contribution in [3.8, 4) is 0 Å². The normalized spacial score (nSPS) is 17.3. The van der Waals surface area contributed by atoms with E-state index in [1.807, 2.05) is 19.2 Å². The highest BCUT2D eigenvalue weighted by atomic mass is 19.1. The average Bonchev–Trinajstić information content (AvgIpc) is 2.86. The van der Waals surface area contributed by atoms with Crippen molar-refractivity contribution in [2.24, 2.45) is 0 Å². The summed E-state index contributed by atoms with van der Waals surface area (Å²) in [6, 6.07) is 4.22. The predicted octanol–water partition coefficient (Wildman–Crippen LogP) is 3.44. The van der Waals surface area contributed by atoms with Crippen molar-refractivity contribution >= 4 is 33.8 Å². The smallest absolute Gasteiger partial charge is 0.137 e. The molecule has 1 N–H and O–H groups in total. The molecule has 2 aromatic heterocycles. The molecule has 4 heterocycles. The molecule has 3 aromatic rings. The standard InChI is InChI=1S/C26H33F2N7O/c1-18-25(30-20-14-21(16-29-15-20)34-8-10-36-11-9-34)24-22(28)12-19(27)13-23(24)31-26(18)35-6-4-33(5-7-35)17-32(2)3/h12-16H,4-11,17H2,1-3H3,(H,30,31). The number of benzene rings is 1. The lowest BCUT2D eigenvalue weighted by Gasteiger charge is -2.37. The first-order chi connectivity index (χ1) is 17.4. The highest BCUT2D eigenvalue weighted by Gasteiger charge is 2.24. The number of rotatable bonds is 6. The van der Waals surface area contributed by atoms with Crippen LogP contribution in [0.4, 0.5) is 31.7 Å². The first kappa shape index (κ1) is 24.6. The van der Waals surface area contributed by atoms with Crippen LogP contribution in [0, 0.1) is 18.6 Å². The number of ether oxygens (including phenoxy) is 1. The van der Waals surface area contributed by atoms with E-state index in [1.165, 1.54) is 6.07 Å². The number of hydrogen-bond donors (Lipinski definition) is 1. The third-order valence-electron chi connectivity index (χ3n) is 6.75. The summed E-state index contributed by atoms with van der Waals surface area (Å²) in [7, 11) is 4.12. The molecule has 0 saturated carbocycles. The number of piperazine rings is 1. The van der Waals surface area contributed by atoms with Crippen molar-refractivity contribution in [2.45, 2.75) is 6.92 Å². The number of aromatic nitrogens is 2. The van der Waals surface area contributed by atoms with Crippen molar-refractivity contribution in [2.75, 3.05) is 88.4 Å². The highest BCUT2D eigenvalue weighted by molar-refractivity contribution is 5.97. The third kappa shape index (κ3) is 5.21. The van der Waals surface area contributed by atoms with Crippen LogP contribution in [0.25, 0.3) is 10.9 Å². The van der Waals surface area contributed by atoms with Gasteiger partial charge in [0.25, 0.3) is 0 Å². The van der Waals surface area contributed by atoms with Gasteiger partial charge in [-0.25, -0.2) is 13.8 Å².